The summed E-state index contributed by atoms with van der Waals surface area (Å²) in [6.07, 6.45) is 0. The van der Waals surface area contributed by atoms with Crippen molar-refractivity contribution in [3.8, 4) is 0 Å². The van der Waals surface area contributed by atoms with Crippen molar-refractivity contribution in [3.05, 3.63) is 46.3 Å². The second kappa shape index (κ2) is 9.25. The third kappa shape index (κ3) is 4.89. The molecule has 1 aliphatic rings. The Morgan fingerprint density at radius 3 is 2.57 bits per heavy atom. The number of anilines is 1. The van der Waals surface area contributed by atoms with Crippen LogP contribution in [0.3, 0.4) is 0 Å². The summed E-state index contributed by atoms with van der Waals surface area (Å²) in [6, 6.07) is 8.47. The number of benzene rings is 1. The summed E-state index contributed by atoms with van der Waals surface area (Å²) in [6.45, 7) is 5.41. The number of carbonyl (C=O) groups excluding carboxylic acids is 2. The molecule has 1 aromatic carbocycles. The van der Waals surface area contributed by atoms with E-state index in [9.17, 15) is 18.0 Å². The molecule has 3 rings (SSSR count). The summed E-state index contributed by atoms with van der Waals surface area (Å²) in [5.41, 5.74) is 2.62. The number of sulfonamides is 1. The van der Waals surface area contributed by atoms with Crippen LogP contribution in [-0.2, 0) is 19.6 Å². The van der Waals surface area contributed by atoms with Crippen molar-refractivity contribution in [1.82, 2.24) is 9.21 Å². The van der Waals surface area contributed by atoms with Gasteiger partial charge in [0.15, 0.2) is 0 Å². The molecule has 2 heterocycles. The van der Waals surface area contributed by atoms with E-state index < -0.39 is 15.9 Å². The molecule has 1 aliphatic heterocycles. The van der Waals surface area contributed by atoms with Gasteiger partial charge in [-0.15, -0.1) is 11.3 Å². The van der Waals surface area contributed by atoms with Crippen LogP contribution < -0.4 is 5.32 Å². The van der Waals surface area contributed by atoms with E-state index in [1.54, 1.807) is 11.0 Å². The molecule has 2 aromatic rings. The number of aryl methyl sites for hydroxylation is 1. The zero-order valence-electron chi connectivity index (χ0n) is 17.2. The van der Waals surface area contributed by atoms with Crippen LogP contribution in [0.4, 0.5) is 5.69 Å². The highest BCUT2D eigenvalue weighted by atomic mass is 32.2. The number of carbonyl (C=O) groups is 2. The summed E-state index contributed by atoms with van der Waals surface area (Å²) < 4.78 is 32.0. The number of rotatable bonds is 6. The first kappa shape index (κ1) is 22.4. The minimum atomic E-state index is -3.89. The Morgan fingerprint density at radius 1 is 1.17 bits per heavy atom. The van der Waals surface area contributed by atoms with Gasteiger partial charge in [-0.3, -0.25) is 9.59 Å². The summed E-state index contributed by atoms with van der Waals surface area (Å²) in [5, 5.41) is 2.76. The molecule has 1 fully saturated rings. The van der Waals surface area contributed by atoms with E-state index in [-0.39, 0.29) is 16.7 Å². The van der Waals surface area contributed by atoms with Crippen LogP contribution in [0.25, 0.3) is 0 Å². The highest BCUT2D eigenvalue weighted by molar-refractivity contribution is 7.91. The largest absolute Gasteiger partial charge is 0.378 e. The minimum absolute atomic E-state index is 0.0288. The number of thiophene rings is 1. The van der Waals surface area contributed by atoms with Gasteiger partial charge in [-0.1, -0.05) is 12.1 Å². The van der Waals surface area contributed by atoms with Crippen LogP contribution in [0.2, 0.25) is 0 Å². The molecule has 0 unspecified atom stereocenters. The molecule has 162 valence electrons. The number of nitrogens with one attached hydrogen (secondary N) is 1. The Hall–Kier alpha value is -2.27. The predicted molar refractivity (Wildman–Crippen MR) is 115 cm³/mol. The maximum Gasteiger partial charge on any atom is 0.264 e. The van der Waals surface area contributed by atoms with Crippen molar-refractivity contribution in [1.29, 1.82) is 0 Å². The fraction of sp³-hybridized carbons (Fsp3) is 0.400. The van der Waals surface area contributed by atoms with E-state index in [1.807, 2.05) is 26.0 Å². The lowest BCUT2D eigenvalue weighted by molar-refractivity contribution is -0.116. The summed E-state index contributed by atoms with van der Waals surface area (Å²) >= 11 is 0.912. The van der Waals surface area contributed by atoms with Gasteiger partial charge in [0, 0.05) is 25.8 Å². The van der Waals surface area contributed by atoms with Gasteiger partial charge in [0.1, 0.15) is 4.21 Å². The van der Waals surface area contributed by atoms with E-state index in [0.29, 0.717) is 36.9 Å². The van der Waals surface area contributed by atoms with Gasteiger partial charge in [-0.05, 0) is 43.2 Å². The van der Waals surface area contributed by atoms with Gasteiger partial charge in [-0.2, -0.15) is 4.31 Å². The van der Waals surface area contributed by atoms with Gasteiger partial charge >= 0.3 is 0 Å². The molecule has 0 bridgehead atoms. The fourth-order valence-electron chi connectivity index (χ4n) is 3.01. The maximum absolute atomic E-state index is 12.9. The quantitative estimate of drug-likeness (QED) is 0.726. The molecule has 0 saturated carbocycles. The molecule has 2 amide bonds. The number of morpholine rings is 1. The average Bonchev–Trinajstić information content (AvgIpc) is 3.22. The fourth-order valence-corrected chi connectivity index (χ4v) is 5.63. The Kier molecular flexibility index (Phi) is 6.91. The lowest BCUT2D eigenvalue weighted by atomic mass is 10.1. The van der Waals surface area contributed by atoms with E-state index in [4.69, 9.17) is 4.74 Å². The Balaban J connectivity index is 1.67. The van der Waals surface area contributed by atoms with Crippen LogP contribution in [0.1, 0.15) is 20.8 Å². The van der Waals surface area contributed by atoms with Gasteiger partial charge in [0.25, 0.3) is 15.9 Å². The summed E-state index contributed by atoms with van der Waals surface area (Å²) in [4.78, 5) is 27.0. The van der Waals surface area contributed by atoms with Crippen molar-refractivity contribution >= 4 is 38.9 Å². The topological polar surface area (TPSA) is 96.0 Å². The number of nitrogens with zero attached hydrogens (tertiary/aromatic N) is 2. The van der Waals surface area contributed by atoms with Gasteiger partial charge in [-0.25, -0.2) is 8.42 Å². The van der Waals surface area contributed by atoms with Crippen molar-refractivity contribution in [2.45, 2.75) is 18.1 Å². The highest BCUT2D eigenvalue weighted by Gasteiger charge is 2.27. The zero-order valence-corrected chi connectivity index (χ0v) is 18.8. The van der Waals surface area contributed by atoms with Crippen LogP contribution in [0.15, 0.2) is 34.5 Å². The lowest BCUT2D eigenvalue weighted by Crippen LogP contribution is -2.40. The molecule has 30 heavy (non-hydrogen) atoms. The summed E-state index contributed by atoms with van der Waals surface area (Å²) in [5.74, 6) is -0.643. The monoisotopic (exact) mass is 451 g/mol. The van der Waals surface area contributed by atoms with Crippen LogP contribution in [-0.4, -0.2) is 69.3 Å². The minimum Gasteiger partial charge on any atom is -0.378 e. The molecular formula is C20H25N3O5S2. The van der Waals surface area contributed by atoms with Crippen molar-refractivity contribution in [2.75, 3.05) is 45.2 Å². The number of likely N-dealkylation sites (N-methyl/N-ethyl adjacent to an activating group) is 1. The average molecular weight is 452 g/mol. The van der Waals surface area contributed by atoms with Crippen LogP contribution in [0, 0.1) is 13.8 Å². The first-order valence-corrected chi connectivity index (χ1v) is 11.7. The molecule has 10 heteroatoms. The van der Waals surface area contributed by atoms with Gasteiger partial charge in [0.05, 0.1) is 24.6 Å². The summed E-state index contributed by atoms with van der Waals surface area (Å²) in [7, 11) is -2.54. The van der Waals surface area contributed by atoms with Crippen molar-refractivity contribution in [3.63, 3.8) is 0 Å². The van der Waals surface area contributed by atoms with Gasteiger partial charge in [0.2, 0.25) is 5.91 Å². The molecule has 0 atom stereocenters. The van der Waals surface area contributed by atoms with Crippen molar-refractivity contribution < 1.29 is 22.7 Å². The van der Waals surface area contributed by atoms with E-state index in [1.165, 1.54) is 19.2 Å². The Bertz CT molecular complexity index is 1040. The van der Waals surface area contributed by atoms with Crippen molar-refractivity contribution in [2.24, 2.45) is 0 Å². The molecule has 1 aromatic heterocycles. The van der Waals surface area contributed by atoms with Crippen LogP contribution in [0.5, 0.6) is 0 Å². The maximum atomic E-state index is 12.9. The lowest BCUT2D eigenvalue weighted by Gasteiger charge is -2.26. The number of ether oxygens (including phenoxy) is 1. The zero-order chi connectivity index (χ0) is 21.9. The second-order valence-electron chi connectivity index (χ2n) is 7.08. The predicted octanol–water partition coefficient (Wildman–Crippen LogP) is 2.10. The smallest absolute Gasteiger partial charge is 0.264 e. The first-order valence-electron chi connectivity index (χ1n) is 9.49. The van der Waals surface area contributed by atoms with E-state index >= 15 is 0 Å². The molecule has 1 N–H and O–H groups in total. The molecule has 1 saturated heterocycles. The third-order valence-electron chi connectivity index (χ3n) is 5.00. The third-order valence-corrected chi connectivity index (χ3v) is 8.34. The normalized spacial score (nSPS) is 14.7. The SMILES string of the molecule is Cc1cccc(NC(=O)CN(C)S(=O)(=O)c2ccc(C(=O)N3CCOCC3)s2)c1C. The molecule has 0 spiro atoms. The van der Waals surface area contributed by atoms with Gasteiger partial charge < -0.3 is 15.0 Å². The Labute approximate surface area is 180 Å². The Morgan fingerprint density at radius 2 is 1.87 bits per heavy atom. The standard InChI is InChI=1S/C20H25N3O5S2/c1-14-5-4-6-16(15(14)2)21-18(24)13-22(3)30(26,27)19-8-7-17(29-19)20(25)23-9-11-28-12-10-23/h4-8H,9-13H2,1-3H3,(H,21,24). The molecule has 8 nitrogen and oxygen atoms in total. The van der Waals surface area contributed by atoms with Crippen LogP contribution >= 0.6 is 11.3 Å². The number of amides is 2. The highest BCUT2D eigenvalue weighted by Crippen LogP contribution is 2.26. The van der Waals surface area contributed by atoms with E-state index in [2.05, 4.69) is 5.32 Å². The first-order chi connectivity index (χ1) is 14.2. The number of hydrogen-bond donors (Lipinski definition) is 1. The molecular weight excluding hydrogens is 426 g/mol. The van der Waals surface area contributed by atoms with E-state index in [0.717, 1.165) is 26.8 Å². The molecule has 0 radical (unpaired) electrons. The molecule has 0 aliphatic carbocycles. The second-order valence-corrected chi connectivity index (χ2v) is 10.4. The number of hydrogen-bond acceptors (Lipinski definition) is 6.